The highest BCUT2D eigenvalue weighted by molar-refractivity contribution is 6.13. The standard InChI is InChI=1S/C20H19N3/c1-15-7-6-10-19(16(15)2)22-23-20(17-8-4-3-5-9-17)18-11-13-21-14-12-18/h3-14,22H,1-2H3. The van der Waals surface area contributed by atoms with E-state index in [2.05, 4.69) is 47.6 Å². The summed E-state index contributed by atoms with van der Waals surface area (Å²) < 4.78 is 0. The van der Waals surface area contributed by atoms with Crippen LogP contribution in [0.15, 0.2) is 78.2 Å². The molecule has 3 rings (SSSR count). The lowest BCUT2D eigenvalue weighted by Crippen LogP contribution is -2.07. The van der Waals surface area contributed by atoms with E-state index in [1.54, 1.807) is 12.4 Å². The first-order valence-corrected chi connectivity index (χ1v) is 7.61. The number of hydrazone groups is 1. The van der Waals surface area contributed by atoms with Crippen molar-refractivity contribution in [3.8, 4) is 0 Å². The van der Waals surface area contributed by atoms with Crippen LogP contribution in [-0.2, 0) is 0 Å². The summed E-state index contributed by atoms with van der Waals surface area (Å²) in [4.78, 5) is 4.09. The van der Waals surface area contributed by atoms with Crippen molar-refractivity contribution in [3.63, 3.8) is 0 Å². The van der Waals surface area contributed by atoms with Crippen LogP contribution in [0.25, 0.3) is 0 Å². The second-order valence-corrected chi connectivity index (χ2v) is 5.42. The van der Waals surface area contributed by atoms with Crippen LogP contribution < -0.4 is 5.43 Å². The first-order chi connectivity index (χ1) is 11.3. The fourth-order valence-electron chi connectivity index (χ4n) is 2.39. The van der Waals surface area contributed by atoms with Gasteiger partial charge >= 0.3 is 0 Å². The minimum absolute atomic E-state index is 0.897. The second kappa shape index (κ2) is 6.88. The molecule has 0 aliphatic rings. The molecular formula is C20H19N3. The molecule has 0 amide bonds. The molecular weight excluding hydrogens is 282 g/mol. The lowest BCUT2D eigenvalue weighted by atomic mass is 10.0. The summed E-state index contributed by atoms with van der Waals surface area (Å²) in [5.74, 6) is 0. The molecule has 0 saturated heterocycles. The molecule has 0 aliphatic carbocycles. The topological polar surface area (TPSA) is 37.3 Å². The molecule has 0 spiro atoms. The zero-order valence-corrected chi connectivity index (χ0v) is 13.3. The van der Waals surface area contributed by atoms with Crippen LogP contribution in [0.1, 0.15) is 22.3 Å². The van der Waals surface area contributed by atoms with Gasteiger partial charge in [-0.1, -0.05) is 42.5 Å². The average Bonchev–Trinajstić information content (AvgIpc) is 2.60. The van der Waals surface area contributed by atoms with E-state index in [1.807, 2.05) is 42.5 Å². The van der Waals surface area contributed by atoms with E-state index in [9.17, 15) is 0 Å². The molecule has 0 saturated carbocycles. The molecule has 0 radical (unpaired) electrons. The molecule has 1 aromatic heterocycles. The lowest BCUT2D eigenvalue weighted by molar-refractivity contribution is 1.25. The zero-order chi connectivity index (χ0) is 16.1. The van der Waals surface area contributed by atoms with Crippen molar-refractivity contribution in [3.05, 3.63) is 95.3 Å². The Labute approximate surface area is 136 Å². The minimum Gasteiger partial charge on any atom is -0.278 e. The van der Waals surface area contributed by atoms with E-state index < -0.39 is 0 Å². The Hall–Kier alpha value is -2.94. The molecule has 1 N–H and O–H groups in total. The molecule has 114 valence electrons. The Balaban J connectivity index is 2.00. The number of rotatable bonds is 4. The van der Waals surface area contributed by atoms with Crippen molar-refractivity contribution in [2.75, 3.05) is 5.43 Å². The number of nitrogens with one attached hydrogen (secondary N) is 1. The van der Waals surface area contributed by atoms with Gasteiger partial charge < -0.3 is 0 Å². The first-order valence-electron chi connectivity index (χ1n) is 7.61. The van der Waals surface area contributed by atoms with Crippen molar-refractivity contribution in [1.82, 2.24) is 4.98 Å². The predicted molar refractivity (Wildman–Crippen MR) is 95.9 cm³/mol. The number of pyridine rings is 1. The number of hydrogen-bond donors (Lipinski definition) is 1. The molecule has 0 aliphatic heterocycles. The number of aryl methyl sites for hydroxylation is 1. The molecule has 2 aromatic carbocycles. The van der Waals surface area contributed by atoms with Crippen LogP contribution in [0.4, 0.5) is 5.69 Å². The average molecular weight is 301 g/mol. The highest BCUT2D eigenvalue weighted by Gasteiger charge is 2.07. The van der Waals surface area contributed by atoms with Crippen LogP contribution in [0.3, 0.4) is 0 Å². The summed E-state index contributed by atoms with van der Waals surface area (Å²) in [5.41, 5.74) is 9.69. The molecule has 0 atom stereocenters. The van der Waals surface area contributed by atoms with Crippen molar-refractivity contribution in [1.29, 1.82) is 0 Å². The maximum atomic E-state index is 4.68. The Morgan fingerprint density at radius 1 is 0.826 bits per heavy atom. The molecule has 0 bridgehead atoms. The number of anilines is 1. The van der Waals surface area contributed by atoms with E-state index in [0.29, 0.717) is 0 Å². The molecule has 1 heterocycles. The van der Waals surface area contributed by atoms with Crippen LogP contribution in [0.5, 0.6) is 0 Å². The van der Waals surface area contributed by atoms with Gasteiger partial charge in [-0.2, -0.15) is 5.10 Å². The second-order valence-electron chi connectivity index (χ2n) is 5.42. The van der Waals surface area contributed by atoms with Gasteiger partial charge in [0, 0.05) is 23.5 Å². The Bertz CT molecular complexity index is 767. The molecule has 3 heteroatoms. The molecule has 0 unspecified atom stereocenters. The first kappa shape index (κ1) is 15.0. The van der Waals surface area contributed by atoms with E-state index in [-0.39, 0.29) is 0 Å². The van der Waals surface area contributed by atoms with E-state index in [4.69, 9.17) is 0 Å². The monoisotopic (exact) mass is 301 g/mol. The third-order valence-corrected chi connectivity index (χ3v) is 3.89. The van der Waals surface area contributed by atoms with Crippen LogP contribution in [0, 0.1) is 13.8 Å². The van der Waals surface area contributed by atoms with Crippen molar-refractivity contribution in [2.24, 2.45) is 5.10 Å². The fourth-order valence-corrected chi connectivity index (χ4v) is 2.39. The van der Waals surface area contributed by atoms with Gasteiger partial charge in [-0.05, 0) is 43.2 Å². The third-order valence-electron chi connectivity index (χ3n) is 3.89. The summed E-state index contributed by atoms with van der Waals surface area (Å²) in [6.07, 6.45) is 3.57. The maximum absolute atomic E-state index is 4.68. The highest BCUT2D eigenvalue weighted by atomic mass is 15.3. The van der Waals surface area contributed by atoms with E-state index in [1.165, 1.54) is 11.1 Å². The van der Waals surface area contributed by atoms with E-state index >= 15 is 0 Å². The Morgan fingerprint density at radius 2 is 1.52 bits per heavy atom. The third kappa shape index (κ3) is 3.46. The van der Waals surface area contributed by atoms with Gasteiger partial charge in [0.05, 0.1) is 11.4 Å². The minimum atomic E-state index is 0.897. The normalized spacial score (nSPS) is 11.3. The molecule has 3 aromatic rings. The smallest absolute Gasteiger partial charge is 0.0979 e. The number of hydrogen-bond acceptors (Lipinski definition) is 3. The molecule has 0 fully saturated rings. The van der Waals surface area contributed by atoms with Crippen LogP contribution in [0.2, 0.25) is 0 Å². The van der Waals surface area contributed by atoms with Gasteiger partial charge in [0.25, 0.3) is 0 Å². The van der Waals surface area contributed by atoms with Gasteiger partial charge in [0.15, 0.2) is 0 Å². The summed E-state index contributed by atoms with van der Waals surface area (Å²) in [7, 11) is 0. The van der Waals surface area contributed by atoms with Gasteiger partial charge in [0.2, 0.25) is 0 Å². The number of benzene rings is 2. The summed E-state index contributed by atoms with van der Waals surface area (Å²) >= 11 is 0. The largest absolute Gasteiger partial charge is 0.278 e. The van der Waals surface area contributed by atoms with Crippen molar-refractivity contribution >= 4 is 11.4 Å². The Morgan fingerprint density at radius 3 is 2.26 bits per heavy atom. The van der Waals surface area contributed by atoms with E-state index in [0.717, 1.165) is 22.5 Å². The zero-order valence-electron chi connectivity index (χ0n) is 13.3. The summed E-state index contributed by atoms with van der Waals surface area (Å²) in [6, 6.07) is 20.3. The number of nitrogens with zero attached hydrogens (tertiary/aromatic N) is 2. The SMILES string of the molecule is Cc1cccc(NN=C(c2ccccc2)c2ccncc2)c1C. The summed E-state index contributed by atoms with van der Waals surface area (Å²) in [5, 5.41) is 4.68. The summed E-state index contributed by atoms with van der Waals surface area (Å²) in [6.45, 7) is 4.20. The van der Waals surface area contributed by atoms with Gasteiger partial charge in [-0.3, -0.25) is 10.4 Å². The molecule has 3 nitrogen and oxygen atoms in total. The maximum Gasteiger partial charge on any atom is 0.0979 e. The fraction of sp³-hybridized carbons (Fsp3) is 0.100. The highest BCUT2D eigenvalue weighted by Crippen LogP contribution is 2.19. The van der Waals surface area contributed by atoms with Crippen LogP contribution >= 0.6 is 0 Å². The quantitative estimate of drug-likeness (QED) is 0.566. The van der Waals surface area contributed by atoms with Gasteiger partial charge in [-0.25, -0.2) is 0 Å². The van der Waals surface area contributed by atoms with Gasteiger partial charge in [-0.15, -0.1) is 0 Å². The van der Waals surface area contributed by atoms with Crippen molar-refractivity contribution < 1.29 is 0 Å². The van der Waals surface area contributed by atoms with Crippen molar-refractivity contribution in [2.45, 2.75) is 13.8 Å². The molecule has 23 heavy (non-hydrogen) atoms. The predicted octanol–water partition coefficient (Wildman–Crippen LogP) is 4.56. The number of aromatic nitrogens is 1. The van der Waals surface area contributed by atoms with Crippen LogP contribution in [-0.4, -0.2) is 10.7 Å². The Kier molecular flexibility index (Phi) is 4.48. The lowest BCUT2D eigenvalue weighted by Gasteiger charge is -2.11. The van der Waals surface area contributed by atoms with Gasteiger partial charge in [0.1, 0.15) is 0 Å².